The van der Waals surface area contributed by atoms with Gasteiger partial charge in [-0.15, -0.1) is 11.8 Å². The summed E-state index contributed by atoms with van der Waals surface area (Å²) in [4.78, 5) is 23.9. The molecule has 6 nitrogen and oxygen atoms in total. The second kappa shape index (κ2) is 9.50. The van der Waals surface area contributed by atoms with Gasteiger partial charge in [-0.3, -0.25) is 9.59 Å². The van der Waals surface area contributed by atoms with E-state index in [0.29, 0.717) is 18.0 Å². The molecule has 1 heterocycles. The predicted molar refractivity (Wildman–Crippen MR) is 86.9 cm³/mol. The van der Waals surface area contributed by atoms with Crippen molar-refractivity contribution in [3.8, 4) is 0 Å². The third kappa shape index (κ3) is 6.98. The minimum Gasteiger partial charge on any atom is -0.462 e. The molecule has 22 heavy (non-hydrogen) atoms. The van der Waals surface area contributed by atoms with Crippen molar-refractivity contribution in [2.75, 3.05) is 11.1 Å². The molecule has 124 valence electrons. The van der Waals surface area contributed by atoms with Crippen molar-refractivity contribution in [2.24, 2.45) is 0 Å². The number of carbonyl (C=O) groups is 2. The highest BCUT2D eigenvalue weighted by Crippen LogP contribution is 2.20. The lowest BCUT2D eigenvalue weighted by Crippen LogP contribution is -2.27. The average molecular weight is 328 g/mol. The summed E-state index contributed by atoms with van der Waals surface area (Å²) >= 11 is 1.30. The molecular weight excluding hydrogens is 304 g/mol. The molecular formula is C15H24N2O4S. The molecule has 1 atom stereocenters. The number of thioether (sulfide) groups is 1. The second-order valence-electron chi connectivity index (χ2n) is 5.29. The Morgan fingerprint density at radius 3 is 2.73 bits per heavy atom. The van der Waals surface area contributed by atoms with Crippen LogP contribution in [0.3, 0.4) is 0 Å². The van der Waals surface area contributed by atoms with E-state index in [-0.39, 0.29) is 29.0 Å². The Morgan fingerprint density at radius 2 is 2.18 bits per heavy atom. The Balaban J connectivity index is 2.54. The summed E-state index contributed by atoms with van der Waals surface area (Å²) in [5.41, 5.74) is 0. The summed E-state index contributed by atoms with van der Waals surface area (Å²) in [7, 11) is 0. The smallest absolute Gasteiger partial charge is 0.316 e. The largest absolute Gasteiger partial charge is 0.462 e. The zero-order chi connectivity index (χ0) is 16.5. The number of nitrogens with one attached hydrogen (secondary N) is 1. The molecule has 0 fully saturated rings. The van der Waals surface area contributed by atoms with Gasteiger partial charge in [-0.25, -0.2) is 0 Å². The Kier molecular flexibility index (Phi) is 8.01. The van der Waals surface area contributed by atoms with Crippen molar-refractivity contribution in [2.45, 2.75) is 58.3 Å². The van der Waals surface area contributed by atoms with Crippen molar-refractivity contribution in [1.82, 2.24) is 5.16 Å². The van der Waals surface area contributed by atoms with Crippen LogP contribution < -0.4 is 5.32 Å². The van der Waals surface area contributed by atoms with Crippen LogP contribution in [0.15, 0.2) is 10.6 Å². The molecule has 0 aromatic carbocycles. The summed E-state index contributed by atoms with van der Waals surface area (Å²) in [5, 5.41) is 6.16. The number of esters is 1. The summed E-state index contributed by atoms with van der Waals surface area (Å²) in [5.74, 6) is 0.733. The first-order valence-electron chi connectivity index (χ1n) is 7.47. The zero-order valence-corrected chi connectivity index (χ0v) is 14.4. The maximum atomic E-state index is 12.3. The van der Waals surface area contributed by atoms with Crippen molar-refractivity contribution >= 4 is 29.5 Å². The summed E-state index contributed by atoms with van der Waals surface area (Å²) < 4.78 is 10.0. The molecule has 0 aliphatic carbocycles. The number of hydrogen-bond acceptors (Lipinski definition) is 6. The van der Waals surface area contributed by atoms with Crippen LogP contribution in [0.4, 0.5) is 5.82 Å². The molecule has 1 aromatic heterocycles. The van der Waals surface area contributed by atoms with E-state index in [4.69, 9.17) is 9.26 Å². The van der Waals surface area contributed by atoms with Crippen LogP contribution >= 0.6 is 11.8 Å². The minimum absolute atomic E-state index is 0.144. The number of rotatable bonds is 9. The monoisotopic (exact) mass is 328 g/mol. The topological polar surface area (TPSA) is 81.4 Å². The highest BCUT2D eigenvalue weighted by Gasteiger charge is 2.21. The van der Waals surface area contributed by atoms with E-state index < -0.39 is 0 Å². The van der Waals surface area contributed by atoms with E-state index >= 15 is 0 Å². The first kappa shape index (κ1) is 18.5. The first-order chi connectivity index (χ1) is 10.4. The number of amides is 1. The van der Waals surface area contributed by atoms with Crippen molar-refractivity contribution < 1.29 is 18.8 Å². The van der Waals surface area contributed by atoms with E-state index in [1.165, 1.54) is 11.8 Å². The van der Waals surface area contributed by atoms with Crippen molar-refractivity contribution in [3.05, 3.63) is 11.8 Å². The lowest BCUT2D eigenvalue weighted by atomic mass is 10.2. The fourth-order valence-corrected chi connectivity index (χ4v) is 2.73. The van der Waals surface area contributed by atoms with E-state index in [9.17, 15) is 9.59 Å². The molecule has 0 saturated carbocycles. The normalized spacial score (nSPS) is 12.2. The number of carbonyl (C=O) groups excluding carboxylic acids is 2. The molecule has 0 aliphatic heterocycles. The standard InChI is InChI=1S/C15H24N2O4S/c1-5-6-7-12(22-9-14(18)20-10(2)3)15(19)16-13-8-11(4)21-17-13/h8,10,12H,5-7,9H2,1-4H3,(H,16,17,19). The number of unbranched alkanes of at least 4 members (excludes halogenated alkanes) is 1. The number of nitrogens with zero attached hydrogens (tertiary/aromatic N) is 1. The SMILES string of the molecule is CCCCC(SCC(=O)OC(C)C)C(=O)Nc1cc(C)on1. The van der Waals surface area contributed by atoms with Gasteiger partial charge in [0.05, 0.1) is 17.1 Å². The van der Waals surface area contributed by atoms with Gasteiger partial charge >= 0.3 is 5.97 Å². The third-order valence-electron chi connectivity index (χ3n) is 2.76. The highest BCUT2D eigenvalue weighted by atomic mass is 32.2. The van der Waals surface area contributed by atoms with Gasteiger partial charge in [0.1, 0.15) is 5.76 Å². The molecule has 1 amide bonds. The van der Waals surface area contributed by atoms with Crippen LogP contribution in [-0.4, -0.2) is 34.1 Å². The van der Waals surface area contributed by atoms with Crippen LogP contribution in [0.1, 0.15) is 45.8 Å². The van der Waals surface area contributed by atoms with Gasteiger partial charge in [0.25, 0.3) is 0 Å². The fraction of sp³-hybridized carbons (Fsp3) is 0.667. The maximum absolute atomic E-state index is 12.3. The van der Waals surface area contributed by atoms with Gasteiger partial charge in [0.2, 0.25) is 5.91 Å². The third-order valence-corrected chi connectivity index (χ3v) is 4.02. The first-order valence-corrected chi connectivity index (χ1v) is 8.52. The molecule has 1 N–H and O–H groups in total. The molecule has 0 spiro atoms. The summed E-state index contributed by atoms with van der Waals surface area (Å²) in [6.07, 6.45) is 2.47. The quantitative estimate of drug-likeness (QED) is 0.701. The molecule has 1 aromatic rings. The lowest BCUT2D eigenvalue weighted by Gasteiger charge is -2.15. The van der Waals surface area contributed by atoms with Gasteiger partial charge in [0.15, 0.2) is 5.82 Å². The van der Waals surface area contributed by atoms with E-state index in [0.717, 1.165) is 12.8 Å². The van der Waals surface area contributed by atoms with Gasteiger partial charge in [-0.1, -0.05) is 24.9 Å². The minimum atomic E-state index is -0.309. The van der Waals surface area contributed by atoms with Gasteiger partial charge in [0, 0.05) is 6.07 Å². The van der Waals surface area contributed by atoms with Crippen LogP contribution in [0, 0.1) is 6.92 Å². The van der Waals surface area contributed by atoms with E-state index in [1.54, 1.807) is 26.8 Å². The number of hydrogen-bond donors (Lipinski definition) is 1. The van der Waals surface area contributed by atoms with Crippen molar-refractivity contribution in [1.29, 1.82) is 0 Å². The second-order valence-corrected chi connectivity index (χ2v) is 6.48. The summed E-state index contributed by atoms with van der Waals surface area (Å²) in [6.45, 7) is 7.43. The van der Waals surface area contributed by atoms with Crippen LogP contribution in [0.25, 0.3) is 0 Å². The Bertz CT molecular complexity index is 488. The van der Waals surface area contributed by atoms with Crippen molar-refractivity contribution in [3.63, 3.8) is 0 Å². The Hall–Kier alpha value is -1.50. The number of anilines is 1. The molecule has 7 heteroatoms. The molecule has 0 aliphatic rings. The Morgan fingerprint density at radius 1 is 1.45 bits per heavy atom. The molecule has 1 unspecified atom stereocenters. The lowest BCUT2D eigenvalue weighted by molar-refractivity contribution is -0.144. The molecule has 0 bridgehead atoms. The molecule has 1 rings (SSSR count). The van der Waals surface area contributed by atoms with E-state index in [2.05, 4.69) is 17.4 Å². The average Bonchev–Trinajstić information content (AvgIpc) is 2.83. The number of ether oxygens (including phenoxy) is 1. The van der Waals surface area contributed by atoms with Crippen LogP contribution in [-0.2, 0) is 14.3 Å². The van der Waals surface area contributed by atoms with E-state index in [1.807, 2.05) is 0 Å². The number of aromatic nitrogens is 1. The zero-order valence-electron chi connectivity index (χ0n) is 13.5. The molecule has 0 radical (unpaired) electrons. The van der Waals surface area contributed by atoms with Crippen LogP contribution in [0.2, 0.25) is 0 Å². The van der Waals surface area contributed by atoms with Gasteiger partial charge in [-0.05, 0) is 27.2 Å². The van der Waals surface area contributed by atoms with Crippen LogP contribution in [0.5, 0.6) is 0 Å². The van der Waals surface area contributed by atoms with Gasteiger partial charge in [-0.2, -0.15) is 0 Å². The number of aryl methyl sites for hydroxylation is 1. The Labute approximate surface area is 135 Å². The fourth-order valence-electron chi connectivity index (χ4n) is 1.78. The maximum Gasteiger partial charge on any atom is 0.316 e. The summed E-state index contributed by atoms with van der Waals surface area (Å²) in [6, 6.07) is 1.66. The molecule has 0 saturated heterocycles. The van der Waals surface area contributed by atoms with Gasteiger partial charge < -0.3 is 14.6 Å². The highest BCUT2D eigenvalue weighted by molar-refractivity contribution is 8.01. The predicted octanol–water partition coefficient (Wildman–Crippen LogP) is 3.17.